The van der Waals surface area contributed by atoms with Crippen LogP contribution in [0.15, 0.2) is 93.5 Å². The fraction of sp³-hybridized carbons (Fsp3) is 0.333. The van der Waals surface area contributed by atoms with Crippen molar-refractivity contribution in [2.45, 2.75) is 57.5 Å². The van der Waals surface area contributed by atoms with Gasteiger partial charge < -0.3 is 14.2 Å². The molecule has 6 nitrogen and oxygen atoms in total. The van der Waals surface area contributed by atoms with Crippen LogP contribution in [-0.4, -0.2) is 49.4 Å². The largest absolute Gasteiger partial charge is 0.483 e. The van der Waals surface area contributed by atoms with Crippen LogP contribution in [0.4, 0.5) is 26.3 Å². The quantitative estimate of drug-likeness (QED) is 0.175. The Morgan fingerprint density at radius 1 is 0.829 bits per heavy atom. The van der Waals surface area contributed by atoms with Gasteiger partial charge in [0, 0.05) is 5.56 Å². The van der Waals surface area contributed by atoms with Crippen LogP contribution in [0.3, 0.4) is 0 Å². The third-order valence-corrected chi connectivity index (χ3v) is 9.63. The molecule has 0 amide bonds. The second kappa shape index (κ2) is 11.1. The van der Waals surface area contributed by atoms with Crippen molar-refractivity contribution in [3.63, 3.8) is 0 Å². The van der Waals surface area contributed by atoms with Gasteiger partial charge in [-0.05, 0) is 74.5 Å². The second-order valence-corrected chi connectivity index (χ2v) is 12.9. The fourth-order valence-corrected chi connectivity index (χ4v) is 6.40. The third kappa shape index (κ3) is 6.36. The van der Waals surface area contributed by atoms with Crippen LogP contribution in [0.1, 0.15) is 19.4 Å². The first-order valence-corrected chi connectivity index (χ1v) is 14.7. The smallest absolute Gasteiger partial charge is 0.405 e. The molecule has 222 valence electrons. The Morgan fingerprint density at radius 2 is 1.27 bits per heavy atom. The van der Waals surface area contributed by atoms with E-state index in [-0.39, 0.29) is 11.3 Å². The lowest BCUT2D eigenvalue weighted by Crippen LogP contribution is -2.45. The van der Waals surface area contributed by atoms with Crippen LogP contribution in [0.25, 0.3) is 0 Å². The van der Waals surface area contributed by atoms with Gasteiger partial charge in [-0.15, -0.1) is 0 Å². The van der Waals surface area contributed by atoms with Gasteiger partial charge in [-0.2, -0.15) is 34.8 Å². The zero-order valence-corrected chi connectivity index (χ0v) is 23.2. The molecule has 2 unspecified atom stereocenters. The van der Waals surface area contributed by atoms with Gasteiger partial charge in [0.2, 0.25) is 0 Å². The lowest BCUT2D eigenvalue weighted by molar-refractivity contribution is -0.233. The zero-order chi connectivity index (χ0) is 30.3. The predicted molar refractivity (Wildman–Crippen MR) is 137 cm³/mol. The van der Waals surface area contributed by atoms with E-state index in [1.807, 2.05) is 30.3 Å². The van der Waals surface area contributed by atoms with Gasteiger partial charge >= 0.3 is 27.2 Å². The molecule has 1 saturated heterocycles. The Morgan fingerprint density at radius 3 is 1.73 bits per heavy atom. The Labute approximate surface area is 235 Å². The predicted octanol–water partition coefficient (Wildman–Crippen LogP) is 6.52. The summed E-state index contributed by atoms with van der Waals surface area (Å²) in [6.07, 6.45) is -2.18. The highest BCUT2D eigenvalue weighted by atomic mass is 32.2. The second-order valence-electron chi connectivity index (χ2n) is 9.34. The summed E-state index contributed by atoms with van der Waals surface area (Å²) in [6.45, 7) is -0.977. The van der Waals surface area contributed by atoms with Crippen LogP contribution in [0.5, 0.6) is 5.75 Å². The fourth-order valence-electron chi connectivity index (χ4n) is 3.87. The number of rotatable bonds is 8. The van der Waals surface area contributed by atoms with Crippen molar-refractivity contribution < 1.29 is 53.5 Å². The summed E-state index contributed by atoms with van der Waals surface area (Å²) in [5, 5.41) is -4.53. The average molecular weight is 624 g/mol. The molecule has 0 bridgehead atoms. The summed E-state index contributed by atoms with van der Waals surface area (Å²) >= 11 is 0. The average Bonchev–Trinajstić information content (AvgIpc) is 3.00. The molecule has 3 aromatic carbocycles. The number of halogens is 6. The van der Waals surface area contributed by atoms with E-state index in [9.17, 15) is 34.8 Å². The maximum absolute atomic E-state index is 13.9. The van der Waals surface area contributed by atoms with Crippen molar-refractivity contribution >= 4 is 21.0 Å². The van der Waals surface area contributed by atoms with Crippen molar-refractivity contribution in [3.8, 4) is 5.75 Å². The maximum atomic E-state index is 13.9. The molecular weight excluding hydrogens is 598 g/mol. The van der Waals surface area contributed by atoms with Gasteiger partial charge in [0.25, 0.3) is 0 Å². The molecule has 0 saturated carbocycles. The molecule has 0 spiro atoms. The van der Waals surface area contributed by atoms with E-state index in [0.29, 0.717) is 4.90 Å². The van der Waals surface area contributed by atoms with Crippen LogP contribution in [-0.2, 0) is 36.3 Å². The monoisotopic (exact) mass is 623 g/mol. The number of hydrogen-bond donors (Lipinski definition) is 1. The normalized spacial score (nSPS) is 20.0. The molecule has 0 aliphatic carbocycles. The molecule has 1 fully saturated rings. The molecule has 0 radical (unpaired) electrons. The SMILES string of the molecule is CC(Oc1ccc([S+](c2ccccc2)c2ccc(C3(C)OCC(F)(F)C(F)(F)CO3)cc2)cc1)C(F)(F)S(=O)(=O)O. The Balaban J connectivity index is 1.62. The van der Waals surface area contributed by atoms with E-state index in [1.165, 1.54) is 31.2 Å². The molecule has 1 heterocycles. The lowest BCUT2D eigenvalue weighted by Gasteiger charge is -2.28. The highest BCUT2D eigenvalue weighted by molar-refractivity contribution is 7.97. The number of ether oxygens (including phenoxy) is 3. The minimum absolute atomic E-state index is 0.0688. The van der Waals surface area contributed by atoms with Crippen LogP contribution in [0.2, 0.25) is 0 Å². The third-order valence-electron chi connectivity index (χ3n) is 6.38. The van der Waals surface area contributed by atoms with E-state index in [4.69, 9.17) is 18.8 Å². The standard InChI is InChI=1S/C27H24F6O6S2/c1-18(27(32,33)41(34,35)36)39-20-10-14-23(15-11-20)40(21-6-4-3-5-7-21)22-12-8-19(9-13-22)24(2)37-16-25(28,29)26(30,31)17-38-24/h3-15,18H,16-17H2,1-2H3/p+1. The summed E-state index contributed by atoms with van der Waals surface area (Å²) in [4.78, 5) is 2.29. The van der Waals surface area contributed by atoms with E-state index >= 15 is 0 Å². The van der Waals surface area contributed by atoms with Gasteiger partial charge in [-0.3, -0.25) is 4.55 Å². The van der Waals surface area contributed by atoms with E-state index in [1.54, 1.807) is 24.3 Å². The Kier molecular flexibility index (Phi) is 8.46. The topological polar surface area (TPSA) is 82.1 Å². The van der Waals surface area contributed by atoms with Gasteiger partial charge in [0.05, 0.1) is 10.9 Å². The maximum Gasteiger partial charge on any atom is 0.405 e. The summed E-state index contributed by atoms with van der Waals surface area (Å²) in [7, 11) is -6.48. The molecule has 4 rings (SSSR count). The zero-order valence-electron chi connectivity index (χ0n) is 21.6. The first kappa shape index (κ1) is 31.2. The molecule has 41 heavy (non-hydrogen) atoms. The molecule has 1 N–H and O–H groups in total. The highest BCUT2D eigenvalue weighted by Crippen LogP contribution is 2.43. The van der Waals surface area contributed by atoms with Gasteiger partial charge in [0.15, 0.2) is 26.6 Å². The first-order valence-electron chi connectivity index (χ1n) is 12.0. The van der Waals surface area contributed by atoms with Crippen molar-refractivity contribution in [1.29, 1.82) is 0 Å². The van der Waals surface area contributed by atoms with Crippen molar-refractivity contribution in [2.75, 3.05) is 13.2 Å². The summed E-state index contributed by atoms with van der Waals surface area (Å²) in [5.74, 6) is -10.7. The van der Waals surface area contributed by atoms with Gasteiger partial charge in [-0.25, -0.2) is 0 Å². The Bertz CT molecular complexity index is 1430. The van der Waals surface area contributed by atoms with Crippen molar-refractivity contribution in [1.82, 2.24) is 0 Å². The molecule has 1 aliphatic heterocycles. The van der Waals surface area contributed by atoms with Crippen molar-refractivity contribution in [2.24, 2.45) is 0 Å². The highest BCUT2D eigenvalue weighted by Gasteiger charge is 2.60. The lowest BCUT2D eigenvalue weighted by atomic mass is 10.1. The molecule has 14 heteroatoms. The summed E-state index contributed by atoms with van der Waals surface area (Å²) in [5.41, 5.74) is 0.240. The molecular formula is C27H25F6O6S2+. The Hall–Kier alpha value is -2.78. The van der Waals surface area contributed by atoms with Crippen LogP contribution < -0.4 is 4.74 Å². The first-order chi connectivity index (χ1) is 19.0. The van der Waals surface area contributed by atoms with Gasteiger partial charge in [-0.1, -0.05) is 18.2 Å². The number of hydrogen-bond acceptors (Lipinski definition) is 5. The van der Waals surface area contributed by atoms with E-state index in [0.717, 1.165) is 16.7 Å². The summed E-state index contributed by atoms with van der Waals surface area (Å²) in [6, 6.07) is 21.5. The number of alkyl halides is 6. The van der Waals surface area contributed by atoms with Crippen LogP contribution in [0, 0.1) is 0 Å². The minimum Gasteiger partial charge on any atom is -0.483 e. The van der Waals surface area contributed by atoms with Crippen molar-refractivity contribution in [3.05, 3.63) is 84.4 Å². The molecule has 0 aromatic heterocycles. The summed E-state index contributed by atoms with van der Waals surface area (Å²) < 4.78 is 129. The van der Waals surface area contributed by atoms with Crippen LogP contribution >= 0.6 is 0 Å². The van der Waals surface area contributed by atoms with E-state index < -0.39 is 63.2 Å². The molecule has 3 aromatic rings. The van der Waals surface area contributed by atoms with Gasteiger partial charge in [0.1, 0.15) is 19.0 Å². The molecule has 1 aliphatic rings. The minimum atomic E-state index is -5.69. The number of benzene rings is 3. The molecule has 2 atom stereocenters. The van der Waals surface area contributed by atoms with E-state index in [2.05, 4.69) is 0 Å².